The first-order valence-electron chi connectivity index (χ1n) is 16.2. The maximum absolute atomic E-state index is 14.1. The van der Waals surface area contributed by atoms with E-state index in [4.69, 9.17) is 4.74 Å². The first kappa shape index (κ1) is 29.2. The molecule has 0 atom stereocenters. The lowest BCUT2D eigenvalue weighted by atomic mass is 9.99. The van der Waals surface area contributed by atoms with Gasteiger partial charge in [-0.25, -0.2) is 0 Å². The summed E-state index contributed by atoms with van der Waals surface area (Å²) < 4.78 is 11.8. The van der Waals surface area contributed by atoms with Gasteiger partial charge in [0, 0.05) is 91.6 Å². The number of aryl methyl sites for hydroxylation is 2. The molecule has 0 radical (unpaired) electrons. The number of benzene rings is 1. The van der Waals surface area contributed by atoms with Crippen LogP contribution in [0.25, 0.3) is 27.6 Å². The fraction of sp³-hybridized carbons (Fsp3) is 0.371. The van der Waals surface area contributed by atoms with Crippen LogP contribution in [0.3, 0.4) is 0 Å². The molecule has 12 heteroatoms. The molecule has 12 nitrogen and oxygen atoms in total. The van der Waals surface area contributed by atoms with Crippen molar-refractivity contribution in [2.75, 3.05) is 20.2 Å². The monoisotopic (exact) mass is 631 g/mol. The van der Waals surface area contributed by atoms with E-state index in [2.05, 4.69) is 37.1 Å². The first-order valence-corrected chi connectivity index (χ1v) is 16.2. The topological polar surface area (TPSA) is 116 Å². The molecule has 1 aliphatic carbocycles. The number of carbonyl (C=O) groups excluding carboxylic acids is 2. The average molecular weight is 632 g/mol. The molecule has 0 spiro atoms. The highest BCUT2D eigenvalue weighted by molar-refractivity contribution is 6.05. The van der Waals surface area contributed by atoms with Crippen LogP contribution in [0.15, 0.2) is 61.3 Å². The number of nitrogens with zero attached hydrogens (tertiary/aromatic N) is 9. The van der Waals surface area contributed by atoms with Crippen molar-refractivity contribution in [2.24, 2.45) is 13.0 Å². The molecule has 0 bridgehead atoms. The van der Waals surface area contributed by atoms with E-state index < -0.39 is 0 Å². The number of hydrogen-bond donors (Lipinski definition) is 0. The van der Waals surface area contributed by atoms with E-state index in [1.807, 2.05) is 52.1 Å². The third-order valence-electron chi connectivity index (χ3n) is 9.66. The lowest BCUT2D eigenvalue weighted by Crippen LogP contribution is -2.36. The Hall–Kier alpha value is -5.26. The highest BCUT2D eigenvalue weighted by atomic mass is 16.5. The number of fused-ring (bicyclic) bond motifs is 2. The quantitative estimate of drug-likeness (QED) is 0.238. The molecule has 3 aliphatic rings. The molecule has 1 fully saturated rings. The van der Waals surface area contributed by atoms with Crippen LogP contribution in [0.5, 0.6) is 5.75 Å². The normalized spacial score (nSPS) is 16.1. The van der Waals surface area contributed by atoms with E-state index >= 15 is 0 Å². The minimum absolute atomic E-state index is 0.0234. The molecule has 0 saturated heterocycles. The Morgan fingerprint density at radius 2 is 1.91 bits per heavy atom. The van der Waals surface area contributed by atoms with Gasteiger partial charge in [-0.15, -0.1) is 5.10 Å². The van der Waals surface area contributed by atoms with E-state index in [1.54, 1.807) is 30.4 Å². The van der Waals surface area contributed by atoms with E-state index in [-0.39, 0.29) is 11.8 Å². The Kier molecular flexibility index (Phi) is 7.34. The van der Waals surface area contributed by atoms with Crippen LogP contribution in [0, 0.1) is 5.92 Å². The number of carbonyl (C=O) groups is 2. The lowest BCUT2D eigenvalue weighted by Gasteiger charge is -2.28. The number of rotatable bonds is 9. The Bertz CT molecular complexity index is 2020. The van der Waals surface area contributed by atoms with Crippen LogP contribution in [0.2, 0.25) is 0 Å². The molecule has 2 amide bonds. The summed E-state index contributed by atoms with van der Waals surface area (Å²) in [6.07, 6.45) is 14.6. The number of pyridine rings is 1. The third-order valence-corrected chi connectivity index (χ3v) is 9.66. The van der Waals surface area contributed by atoms with Gasteiger partial charge >= 0.3 is 0 Å². The largest absolute Gasteiger partial charge is 0.496 e. The summed E-state index contributed by atoms with van der Waals surface area (Å²) in [5.74, 6) is 1.37. The van der Waals surface area contributed by atoms with Gasteiger partial charge in [-0.3, -0.25) is 23.9 Å². The maximum Gasteiger partial charge on any atom is 0.254 e. The molecule has 1 aromatic carbocycles. The molecule has 5 aromatic rings. The molecule has 2 aliphatic heterocycles. The summed E-state index contributed by atoms with van der Waals surface area (Å²) in [5.41, 5.74) is 7.80. The predicted octanol–water partition coefficient (Wildman–Crippen LogP) is 4.31. The minimum Gasteiger partial charge on any atom is -0.496 e. The van der Waals surface area contributed by atoms with Gasteiger partial charge in [-0.2, -0.15) is 5.10 Å². The van der Waals surface area contributed by atoms with Gasteiger partial charge in [0.1, 0.15) is 5.75 Å². The molecule has 8 rings (SSSR count). The molecule has 1 saturated carbocycles. The second kappa shape index (κ2) is 11.8. The zero-order valence-electron chi connectivity index (χ0n) is 26.7. The van der Waals surface area contributed by atoms with Crippen molar-refractivity contribution in [1.82, 2.24) is 44.1 Å². The lowest BCUT2D eigenvalue weighted by molar-refractivity contribution is -0.131. The van der Waals surface area contributed by atoms with Gasteiger partial charge in [-0.05, 0) is 55.0 Å². The first-order chi connectivity index (χ1) is 23.0. The molecule has 6 heterocycles. The molecule has 240 valence electrons. The summed E-state index contributed by atoms with van der Waals surface area (Å²) >= 11 is 0. The van der Waals surface area contributed by atoms with Crippen molar-refractivity contribution >= 4 is 28.3 Å². The number of methoxy groups -OCH3 is 1. The molecule has 47 heavy (non-hydrogen) atoms. The Morgan fingerprint density at radius 1 is 1.02 bits per heavy atom. The highest BCUT2D eigenvalue weighted by Gasteiger charge is 2.31. The summed E-state index contributed by atoms with van der Waals surface area (Å²) in [5, 5.41) is 13.2. The zero-order chi connectivity index (χ0) is 32.1. The van der Waals surface area contributed by atoms with Crippen molar-refractivity contribution in [3.63, 3.8) is 0 Å². The van der Waals surface area contributed by atoms with Gasteiger partial charge in [-0.1, -0.05) is 11.3 Å². The summed E-state index contributed by atoms with van der Waals surface area (Å²) in [4.78, 5) is 35.7. The Balaban J connectivity index is 1.20. The summed E-state index contributed by atoms with van der Waals surface area (Å²) in [6, 6.07) is 8.11. The second-order valence-corrected chi connectivity index (χ2v) is 12.8. The SMILES string of the molecule is COc1ccncc1-c1cc(C(=O)N2Cc3cnn(C)c3C2)cc2cc(C3=CCCN(C(=O)CCn4ccnn4)C3)n(CC3CC3)c12. The van der Waals surface area contributed by atoms with E-state index in [1.165, 1.54) is 12.8 Å². The zero-order valence-corrected chi connectivity index (χ0v) is 26.7. The van der Waals surface area contributed by atoms with Crippen LogP contribution in [0.1, 0.15) is 53.0 Å². The summed E-state index contributed by atoms with van der Waals surface area (Å²) in [7, 11) is 3.58. The predicted molar refractivity (Wildman–Crippen MR) is 175 cm³/mol. The fourth-order valence-electron chi connectivity index (χ4n) is 6.99. The van der Waals surface area contributed by atoms with Crippen LogP contribution in [0.4, 0.5) is 0 Å². The number of hydrogen-bond acceptors (Lipinski definition) is 7. The van der Waals surface area contributed by atoms with Crippen molar-refractivity contribution in [3.8, 4) is 16.9 Å². The van der Waals surface area contributed by atoms with Gasteiger partial charge in [0.05, 0.1) is 43.8 Å². The van der Waals surface area contributed by atoms with Crippen LogP contribution in [-0.4, -0.2) is 76.1 Å². The number of ether oxygens (including phenoxy) is 1. The number of amides is 2. The molecular formula is C35H37N9O3. The van der Waals surface area contributed by atoms with Crippen molar-refractivity contribution < 1.29 is 14.3 Å². The average Bonchev–Trinajstić information content (AvgIpc) is 3.44. The second-order valence-electron chi connectivity index (χ2n) is 12.8. The standard InChI is InChI=1S/C35H37N9O3/c1-40-31-22-42(21-27(31)17-38-40)35(46)26-14-25-16-30(24-4-3-11-41(20-24)33(45)8-12-43-13-10-37-39-43)44(19-23-5-6-23)34(25)28(15-26)29-18-36-9-7-32(29)47-2/h4,7,9-10,13-18,23H,3,5-6,8,11-12,19-22H2,1-2H3. The fourth-order valence-corrected chi connectivity index (χ4v) is 6.99. The highest BCUT2D eigenvalue weighted by Crippen LogP contribution is 2.42. The van der Waals surface area contributed by atoms with Crippen molar-refractivity contribution in [3.05, 3.63) is 83.8 Å². The van der Waals surface area contributed by atoms with E-state index in [0.717, 1.165) is 57.5 Å². The third kappa shape index (κ3) is 5.47. The van der Waals surface area contributed by atoms with Gasteiger partial charge < -0.3 is 19.1 Å². The number of aromatic nitrogens is 7. The van der Waals surface area contributed by atoms with Gasteiger partial charge in [0.2, 0.25) is 5.91 Å². The van der Waals surface area contributed by atoms with Gasteiger partial charge in [0.25, 0.3) is 5.91 Å². The molecule has 0 unspecified atom stereocenters. The Morgan fingerprint density at radius 3 is 2.70 bits per heavy atom. The Labute approximate surface area is 272 Å². The van der Waals surface area contributed by atoms with Crippen molar-refractivity contribution in [1.29, 1.82) is 0 Å². The molecular weight excluding hydrogens is 594 g/mol. The van der Waals surface area contributed by atoms with Crippen LogP contribution < -0.4 is 4.74 Å². The van der Waals surface area contributed by atoms with Crippen LogP contribution >= 0.6 is 0 Å². The molecule has 0 N–H and O–H groups in total. The van der Waals surface area contributed by atoms with E-state index in [0.29, 0.717) is 56.4 Å². The molecule has 4 aromatic heterocycles. The van der Waals surface area contributed by atoms with Crippen molar-refractivity contribution in [2.45, 2.75) is 51.9 Å². The van der Waals surface area contributed by atoms with Gasteiger partial charge in [0.15, 0.2) is 0 Å². The minimum atomic E-state index is -0.0234. The summed E-state index contributed by atoms with van der Waals surface area (Å²) in [6.45, 7) is 3.65. The van der Waals surface area contributed by atoms with Crippen LogP contribution in [-0.2, 0) is 38.0 Å². The maximum atomic E-state index is 14.1. The smallest absolute Gasteiger partial charge is 0.254 e. The van der Waals surface area contributed by atoms with E-state index in [9.17, 15) is 9.59 Å².